The van der Waals surface area contributed by atoms with E-state index in [1.165, 1.54) is 19.4 Å². The van der Waals surface area contributed by atoms with Gasteiger partial charge in [0.1, 0.15) is 0 Å². The molecule has 4 nitrogen and oxygen atoms in total. The van der Waals surface area contributed by atoms with Crippen LogP contribution in [0.5, 0.6) is 0 Å². The van der Waals surface area contributed by atoms with Crippen molar-refractivity contribution in [2.24, 2.45) is 0 Å². The van der Waals surface area contributed by atoms with Crippen LogP contribution in [0.15, 0.2) is 24.3 Å². The molecule has 0 saturated carbocycles. The van der Waals surface area contributed by atoms with Crippen LogP contribution in [-0.4, -0.2) is 47.9 Å². The highest BCUT2D eigenvalue weighted by atomic mass is 16.2. The second kappa shape index (κ2) is 5.02. The molecule has 2 aliphatic heterocycles. The number of nitriles is 1. The van der Waals surface area contributed by atoms with E-state index in [-0.39, 0.29) is 5.91 Å². The van der Waals surface area contributed by atoms with Crippen LogP contribution in [0.4, 0.5) is 0 Å². The van der Waals surface area contributed by atoms with Gasteiger partial charge in [0, 0.05) is 31.2 Å². The van der Waals surface area contributed by atoms with Crippen LogP contribution in [0.1, 0.15) is 28.8 Å². The normalized spacial score (nSPS) is 22.9. The molecule has 0 spiro atoms. The van der Waals surface area contributed by atoms with Crippen LogP contribution in [0.2, 0.25) is 0 Å². The predicted octanol–water partition coefficient (Wildman–Crippen LogP) is 1.48. The van der Waals surface area contributed by atoms with Gasteiger partial charge in [0.15, 0.2) is 0 Å². The van der Waals surface area contributed by atoms with Crippen LogP contribution < -0.4 is 0 Å². The lowest BCUT2D eigenvalue weighted by atomic mass is 10.1. The van der Waals surface area contributed by atoms with Crippen LogP contribution in [0.25, 0.3) is 0 Å². The van der Waals surface area contributed by atoms with Gasteiger partial charge in [-0.3, -0.25) is 9.69 Å². The van der Waals surface area contributed by atoms with Crippen molar-refractivity contribution in [3.05, 3.63) is 35.4 Å². The molecule has 0 N–H and O–H groups in total. The highest BCUT2D eigenvalue weighted by Gasteiger charge is 2.32. The Bertz CT molecular complexity index is 517. The minimum absolute atomic E-state index is 0.0936. The lowest BCUT2D eigenvalue weighted by Gasteiger charge is -2.37. The van der Waals surface area contributed by atoms with E-state index in [2.05, 4.69) is 11.0 Å². The number of carbonyl (C=O) groups excluding carboxylic acids is 1. The number of carbonyl (C=O) groups is 1. The monoisotopic (exact) mass is 255 g/mol. The number of hydrogen-bond acceptors (Lipinski definition) is 3. The van der Waals surface area contributed by atoms with E-state index in [0.717, 1.165) is 19.6 Å². The fourth-order valence-electron chi connectivity index (χ4n) is 3.05. The van der Waals surface area contributed by atoms with Crippen molar-refractivity contribution in [3.8, 4) is 6.07 Å². The van der Waals surface area contributed by atoms with Gasteiger partial charge >= 0.3 is 0 Å². The Morgan fingerprint density at radius 3 is 2.74 bits per heavy atom. The van der Waals surface area contributed by atoms with Crippen molar-refractivity contribution in [2.45, 2.75) is 18.9 Å². The van der Waals surface area contributed by atoms with E-state index in [4.69, 9.17) is 5.26 Å². The summed E-state index contributed by atoms with van der Waals surface area (Å²) in [5, 5.41) is 8.77. The van der Waals surface area contributed by atoms with Gasteiger partial charge in [0.05, 0.1) is 11.6 Å². The Morgan fingerprint density at radius 1 is 1.21 bits per heavy atom. The predicted molar refractivity (Wildman–Crippen MR) is 71.7 cm³/mol. The zero-order valence-electron chi connectivity index (χ0n) is 10.9. The number of piperazine rings is 1. The van der Waals surface area contributed by atoms with Gasteiger partial charge in [-0.1, -0.05) is 0 Å². The van der Waals surface area contributed by atoms with Gasteiger partial charge < -0.3 is 4.90 Å². The first kappa shape index (κ1) is 12.2. The molecule has 1 atom stereocenters. The van der Waals surface area contributed by atoms with Crippen molar-refractivity contribution in [3.63, 3.8) is 0 Å². The maximum absolute atomic E-state index is 12.4. The maximum Gasteiger partial charge on any atom is 0.253 e. The molecule has 0 bridgehead atoms. The second-order valence-corrected chi connectivity index (χ2v) is 5.27. The molecule has 19 heavy (non-hydrogen) atoms. The average Bonchev–Trinajstić information content (AvgIpc) is 2.94. The van der Waals surface area contributed by atoms with Gasteiger partial charge in [0.25, 0.3) is 5.91 Å². The molecular formula is C15H17N3O. The van der Waals surface area contributed by atoms with Crippen LogP contribution >= 0.6 is 0 Å². The van der Waals surface area contributed by atoms with Gasteiger partial charge in [-0.25, -0.2) is 0 Å². The average molecular weight is 255 g/mol. The van der Waals surface area contributed by atoms with E-state index < -0.39 is 0 Å². The number of hydrogen-bond donors (Lipinski definition) is 0. The Kier molecular flexibility index (Phi) is 3.22. The summed E-state index contributed by atoms with van der Waals surface area (Å²) < 4.78 is 0. The number of benzene rings is 1. The van der Waals surface area contributed by atoms with E-state index in [9.17, 15) is 4.79 Å². The summed E-state index contributed by atoms with van der Waals surface area (Å²) in [6.45, 7) is 3.84. The number of amides is 1. The van der Waals surface area contributed by atoms with Gasteiger partial charge in [-0.05, 0) is 43.7 Å². The first-order valence-electron chi connectivity index (χ1n) is 6.81. The zero-order chi connectivity index (χ0) is 13.2. The van der Waals surface area contributed by atoms with Crippen LogP contribution in [0, 0.1) is 11.3 Å². The van der Waals surface area contributed by atoms with Gasteiger partial charge in [-0.2, -0.15) is 5.26 Å². The molecule has 0 radical (unpaired) electrons. The first-order valence-corrected chi connectivity index (χ1v) is 6.81. The maximum atomic E-state index is 12.4. The lowest BCUT2D eigenvalue weighted by molar-refractivity contribution is 0.0571. The summed E-state index contributed by atoms with van der Waals surface area (Å²) >= 11 is 0. The smallest absolute Gasteiger partial charge is 0.253 e. The van der Waals surface area contributed by atoms with Crippen molar-refractivity contribution in [2.75, 3.05) is 26.2 Å². The van der Waals surface area contributed by atoms with Crippen molar-refractivity contribution in [1.29, 1.82) is 5.26 Å². The topological polar surface area (TPSA) is 47.3 Å². The summed E-state index contributed by atoms with van der Waals surface area (Å²) in [5.74, 6) is 0.0936. The second-order valence-electron chi connectivity index (χ2n) is 5.27. The number of nitrogens with zero attached hydrogens (tertiary/aromatic N) is 3. The van der Waals surface area contributed by atoms with Crippen LogP contribution in [0.3, 0.4) is 0 Å². The Balaban J connectivity index is 1.71. The summed E-state index contributed by atoms with van der Waals surface area (Å²) in [6.07, 6.45) is 2.46. The minimum Gasteiger partial charge on any atom is -0.336 e. The SMILES string of the molecule is N#Cc1ccc(C(=O)N2CCN3CCCC3C2)cc1. The highest BCUT2D eigenvalue weighted by Crippen LogP contribution is 2.22. The van der Waals surface area contributed by atoms with Crippen molar-refractivity contribution in [1.82, 2.24) is 9.80 Å². The third kappa shape index (κ3) is 2.34. The molecule has 1 unspecified atom stereocenters. The third-order valence-electron chi connectivity index (χ3n) is 4.14. The standard InChI is InChI=1S/C15H17N3O/c16-10-12-3-5-13(6-4-12)15(19)18-9-8-17-7-1-2-14(17)11-18/h3-6,14H,1-2,7-9,11H2. The molecule has 1 aromatic carbocycles. The van der Waals surface area contributed by atoms with E-state index in [1.807, 2.05) is 4.90 Å². The molecular weight excluding hydrogens is 238 g/mol. The number of rotatable bonds is 1. The molecule has 98 valence electrons. The van der Waals surface area contributed by atoms with Crippen LogP contribution in [-0.2, 0) is 0 Å². The molecule has 2 aliphatic rings. The van der Waals surface area contributed by atoms with E-state index in [1.54, 1.807) is 24.3 Å². The molecule has 1 amide bonds. The fraction of sp³-hybridized carbons (Fsp3) is 0.467. The molecule has 1 aromatic rings. The summed E-state index contributed by atoms with van der Waals surface area (Å²) in [5.41, 5.74) is 1.28. The Morgan fingerprint density at radius 2 is 2.00 bits per heavy atom. The Labute approximate surface area is 113 Å². The summed E-state index contributed by atoms with van der Waals surface area (Å²) in [6, 6.07) is 9.54. The molecule has 2 saturated heterocycles. The molecule has 3 rings (SSSR count). The highest BCUT2D eigenvalue weighted by molar-refractivity contribution is 5.94. The largest absolute Gasteiger partial charge is 0.336 e. The minimum atomic E-state index is 0.0936. The van der Waals surface area contributed by atoms with Crippen molar-refractivity contribution < 1.29 is 4.79 Å². The molecule has 2 fully saturated rings. The van der Waals surface area contributed by atoms with Gasteiger partial charge in [0.2, 0.25) is 0 Å². The van der Waals surface area contributed by atoms with E-state index in [0.29, 0.717) is 17.2 Å². The quantitative estimate of drug-likeness (QED) is 0.763. The summed E-state index contributed by atoms with van der Waals surface area (Å²) in [4.78, 5) is 16.9. The Hall–Kier alpha value is -1.86. The molecule has 0 aliphatic carbocycles. The van der Waals surface area contributed by atoms with E-state index >= 15 is 0 Å². The number of fused-ring (bicyclic) bond motifs is 1. The van der Waals surface area contributed by atoms with Crippen molar-refractivity contribution >= 4 is 5.91 Å². The fourth-order valence-corrected chi connectivity index (χ4v) is 3.05. The molecule has 2 heterocycles. The zero-order valence-corrected chi connectivity index (χ0v) is 10.9. The molecule has 4 heteroatoms. The third-order valence-corrected chi connectivity index (χ3v) is 4.14. The molecule has 0 aromatic heterocycles. The van der Waals surface area contributed by atoms with Gasteiger partial charge in [-0.15, -0.1) is 0 Å². The lowest BCUT2D eigenvalue weighted by Crippen LogP contribution is -2.52. The first-order chi connectivity index (χ1) is 9.28. The summed E-state index contributed by atoms with van der Waals surface area (Å²) in [7, 11) is 0.